The predicted octanol–water partition coefficient (Wildman–Crippen LogP) is 4.29. The van der Waals surface area contributed by atoms with Gasteiger partial charge in [0.15, 0.2) is 11.6 Å². The number of ketones is 2. The molecule has 2 amide bonds. The number of ether oxygens (including phenoxy) is 1. The fourth-order valence-corrected chi connectivity index (χ4v) is 7.17. The second-order valence-electron chi connectivity index (χ2n) is 11.3. The minimum atomic E-state index is -0.801. The molecule has 0 unspecified atom stereocenters. The van der Waals surface area contributed by atoms with E-state index in [1.807, 2.05) is 6.08 Å². The number of amides is 2. The molecule has 210 valence electrons. The summed E-state index contributed by atoms with van der Waals surface area (Å²) in [4.78, 5) is 66.4. The molecule has 1 saturated heterocycles. The van der Waals surface area contributed by atoms with E-state index in [-0.39, 0.29) is 41.5 Å². The number of Topliss-reactive ketones (excluding diaryl/α,β-unsaturated/α-hetero) is 1. The van der Waals surface area contributed by atoms with E-state index in [9.17, 15) is 34.4 Å². The second-order valence-corrected chi connectivity index (χ2v) is 11.3. The lowest BCUT2D eigenvalue weighted by atomic mass is 9.58. The largest absolute Gasteiger partial charge is 0.508 e. The monoisotopic (exact) mass is 564 g/mol. The quantitative estimate of drug-likeness (QED) is 0.191. The van der Waals surface area contributed by atoms with Gasteiger partial charge >= 0.3 is 0 Å². The molecule has 2 aliphatic heterocycles. The highest BCUT2D eigenvalue weighted by atomic mass is 16.6. The number of phenols is 1. The van der Waals surface area contributed by atoms with Gasteiger partial charge in [0.05, 0.1) is 28.7 Å². The summed E-state index contributed by atoms with van der Waals surface area (Å²) < 4.78 is 5.90. The van der Waals surface area contributed by atoms with Gasteiger partial charge in [0, 0.05) is 46.8 Å². The lowest BCUT2D eigenvalue weighted by molar-refractivity contribution is -0.384. The van der Waals surface area contributed by atoms with E-state index in [1.165, 1.54) is 36.4 Å². The number of nitro benzene ring substituents is 1. The first-order valence-electron chi connectivity index (χ1n) is 13.6. The van der Waals surface area contributed by atoms with Gasteiger partial charge in [0.2, 0.25) is 11.8 Å². The molecule has 2 aromatic carbocycles. The molecule has 0 radical (unpaired) electrons. The van der Waals surface area contributed by atoms with E-state index in [1.54, 1.807) is 25.3 Å². The minimum Gasteiger partial charge on any atom is -0.508 e. The number of phenolic OH excluding ortho intramolecular Hbond substituents is 1. The molecule has 5 aliphatic rings. The average molecular weight is 565 g/mol. The molecule has 1 fully saturated rings. The Hall–Kier alpha value is -5.12. The summed E-state index contributed by atoms with van der Waals surface area (Å²) in [5, 5.41) is 21.5. The zero-order chi connectivity index (χ0) is 29.4. The fourth-order valence-electron chi connectivity index (χ4n) is 7.17. The first kappa shape index (κ1) is 25.8. The van der Waals surface area contributed by atoms with Gasteiger partial charge in [-0.15, -0.1) is 0 Å². The number of aromatic hydroxyl groups is 1. The van der Waals surface area contributed by atoms with Gasteiger partial charge in [-0.2, -0.15) is 0 Å². The predicted molar refractivity (Wildman–Crippen MR) is 148 cm³/mol. The molecule has 0 bridgehead atoms. The zero-order valence-electron chi connectivity index (χ0n) is 22.4. The standard InChI is InChI=1S/C32H24N2O8/c1-15-9-25(36)24-13-23-21(27(29(24)30(15)37)17-10-16-11-20(35)5-8-26(16)42-14-17)6-7-22-28(23)32(39)33(31(22)38)18-3-2-4-19(12-18)34(40)41/h2-6,8-9,11-12,14,22-23,27-28,35H,7,10,13H2,1H3/t22-,23+,27-,28-/m0/s1. The summed E-state index contributed by atoms with van der Waals surface area (Å²) in [5.41, 5.74) is 3.13. The van der Waals surface area contributed by atoms with Gasteiger partial charge in [-0.05, 0) is 61.6 Å². The first-order chi connectivity index (χ1) is 20.1. The van der Waals surface area contributed by atoms with Crippen molar-refractivity contribution in [3.05, 3.63) is 104 Å². The third-order valence-corrected chi connectivity index (χ3v) is 9.01. The van der Waals surface area contributed by atoms with Crippen LogP contribution in [-0.4, -0.2) is 33.4 Å². The van der Waals surface area contributed by atoms with Crippen molar-refractivity contribution in [1.29, 1.82) is 0 Å². The van der Waals surface area contributed by atoms with Crippen molar-refractivity contribution in [3.8, 4) is 11.5 Å². The van der Waals surface area contributed by atoms with E-state index in [0.29, 0.717) is 34.5 Å². The van der Waals surface area contributed by atoms with Crippen LogP contribution >= 0.6 is 0 Å². The number of fused-ring (bicyclic) bond motifs is 4. The van der Waals surface area contributed by atoms with Crippen molar-refractivity contribution in [1.82, 2.24) is 0 Å². The van der Waals surface area contributed by atoms with E-state index in [4.69, 9.17) is 4.74 Å². The number of nitrogens with zero attached hydrogens (tertiary/aromatic N) is 2. The summed E-state index contributed by atoms with van der Waals surface area (Å²) >= 11 is 0. The molecule has 3 aliphatic carbocycles. The number of nitro groups is 1. The van der Waals surface area contributed by atoms with Gasteiger partial charge in [-0.25, -0.2) is 4.90 Å². The maximum absolute atomic E-state index is 14.0. The molecule has 7 rings (SSSR count). The van der Waals surface area contributed by atoms with Crippen LogP contribution < -0.4 is 9.64 Å². The number of imide groups is 1. The lowest BCUT2D eigenvalue weighted by Gasteiger charge is -2.43. The van der Waals surface area contributed by atoms with Crippen LogP contribution in [0.5, 0.6) is 11.5 Å². The number of non-ortho nitro benzene ring substituents is 1. The number of hydrogen-bond donors (Lipinski definition) is 1. The molecule has 0 spiro atoms. The van der Waals surface area contributed by atoms with Crippen LogP contribution in [-0.2, 0) is 25.6 Å². The van der Waals surface area contributed by atoms with Crippen LogP contribution in [0.15, 0.2) is 88.7 Å². The topological polar surface area (TPSA) is 144 Å². The molecule has 4 atom stereocenters. The SMILES string of the molecule is CC1=CC(=O)C2=C(C1=O)[C@@H](C1=COc3ccc(O)cc3C1)C1=CC[C@@H]3C(=O)N(c4cccc([N+](=O)[O-])c4)C(=O)[C@@H]3[C@@H]1C2. The van der Waals surface area contributed by atoms with Gasteiger partial charge in [-0.3, -0.25) is 29.3 Å². The minimum absolute atomic E-state index is 0.0683. The molecular weight excluding hydrogens is 540 g/mol. The summed E-state index contributed by atoms with van der Waals surface area (Å²) in [7, 11) is 0. The van der Waals surface area contributed by atoms with Crippen molar-refractivity contribution in [2.75, 3.05) is 4.90 Å². The maximum Gasteiger partial charge on any atom is 0.271 e. The highest BCUT2D eigenvalue weighted by Crippen LogP contribution is 2.55. The van der Waals surface area contributed by atoms with Crippen molar-refractivity contribution < 1.29 is 33.9 Å². The molecule has 0 saturated carbocycles. The maximum atomic E-state index is 14.0. The van der Waals surface area contributed by atoms with E-state index >= 15 is 0 Å². The summed E-state index contributed by atoms with van der Waals surface area (Å²) in [6.07, 6.45) is 5.53. The van der Waals surface area contributed by atoms with Crippen LogP contribution in [0.3, 0.4) is 0 Å². The summed E-state index contributed by atoms with van der Waals surface area (Å²) in [6.45, 7) is 1.60. The Morgan fingerprint density at radius 3 is 2.64 bits per heavy atom. The van der Waals surface area contributed by atoms with Gasteiger partial charge in [-0.1, -0.05) is 17.7 Å². The van der Waals surface area contributed by atoms with E-state index in [0.717, 1.165) is 16.0 Å². The van der Waals surface area contributed by atoms with Crippen molar-refractivity contribution >= 4 is 34.8 Å². The Bertz CT molecular complexity index is 1790. The highest BCUT2D eigenvalue weighted by molar-refractivity contribution is 6.25. The number of carbonyl (C=O) groups is 4. The van der Waals surface area contributed by atoms with Gasteiger partial charge in [0.25, 0.3) is 5.69 Å². The Balaban J connectivity index is 1.32. The average Bonchev–Trinajstić information content (AvgIpc) is 3.24. The molecular formula is C32H24N2O8. The van der Waals surface area contributed by atoms with Crippen LogP contribution in [0.1, 0.15) is 25.3 Å². The Morgan fingerprint density at radius 2 is 1.86 bits per heavy atom. The fraction of sp³-hybridized carbons (Fsp3) is 0.250. The highest BCUT2D eigenvalue weighted by Gasteiger charge is 2.57. The molecule has 2 heterocycles. The van der Waals surface area contributed by atoms with Crippen LogP contribution in [0, 0.1) is 33.8 Å². The molecule has 42 heavy (non-hydrogen) atoms. The smallest absolute Gasteiger partial charge is 0.271 e. The third-order valence-electron chi connectivity index (χ3n) is 9.01. The van der Waals surface area contributed by atoms with Gasteiger partial charge < -0.3 is 9.84 Å². The molecule has 10 nitrogen and oxygen atoms in total. The molecule has 1 N–H and O–H groups in total. The normalized spacial score (nSPS) is 26.4. The summed E-state index contributed by atoms with van der Waals surface area (Å²) in [5.74, 6) is -3.51. The van der Waals surface area contributed by atoms with Crippen LogP contribution in [0.25, 0.3) is 0 Å². The number of benzene rings is 2. The third kappa shape index (κ3) is 3.71. The second kappa shape index (κ2) is 9.20. The molecule has 0 aromatic heterocycles. The molecule has 10 heteroatoms. The number of allylic oxidation sites excluding steroid dienone is 7. The van der Waals surface area contributed by atoms with Crippen LogP contribution in [0.2, 0.25) is 0 Å². The Kier molecular flexibility index (Phi) is 5.66. The van der Waals surface area contributed by atoms with Crippen molar-refractivity contribution in [3.63, 3.8) is 0 Å². The van der Waals surface area contributed by atoms with E-state index < -0.39 is 40.4 Å². The molecule has 2 aromatic rings. The Morgan fingerprint density at radius 1 is 1.05 bits per heavy atom. The number of hydrogen-bond acceptors (Lipinski definition) is 8. The first-order valence-corrected chi connectivity index (χ1v) is 13.6. The zero-order valence-corrected chi connectivity index (χ0v) is 22.4. The van der Waals surface area contributed by atoms with E-state index in [2.05, 4.69) is 0 Å². The van der Waals surface area contributed by atoms with Gasteiger partial charge in [0.1, 0.15) is 11.5 Å². The van der Waals surface area contributed by atoms with Crippen molar-refractivity contribution in [2.45, 2.75) is 26.2 Å². The lowest BCUT2D eigenvalue weighted by Crippen LogP contribution is -2.41. The number of anilines is 1. The van der Waals surface area contributed by atoms with Crippen LogP contribution in [0.4, 0.5) is 11.4 Å². The number of carbonyl (C=O) groups excluding carboxylic acids is 4. The summed E-state index contributed by atoms with van der Waals surface area (Å²) in [6, 6.07) is 10.2. The number of rotatable bonds is 3. The Labute approximate surface area is 239 Å². The van der Waals surface area contributed by atoms with Crippen molar-refractivity contribution in [2.24, 2.45) is 23.7 Å².